The number of halogens is 1. The molecule has 0 bridgehead atoms. The Bertz CT molecular complexity index is 389. The van der Waals surface area contributed by atoms with Crippen molar-refractivity contribution < 1.29 is 14.3 Å². The molecule has 94 valence electrons. The lowest BCUT2D eigenvalue weighted by molar-refractivity contribution is 0.0922. The third-order valence-electron chi connectivity index (χ3n) is 2.80. The zero-order chi connectivity index (χ0) is 13.0. The van der Waals surface area contributed by atoms with Crippen molar-refractivity contribution in [2.75, 3.05) is 6.54 Å². The molecule has 0 aliphatic carbocycles. The van der Waals surface area contributed by atoms with Crippen LogP contribution in [0.15, 0.2) is 18.2 Å². The van der Waals surface area contributed by atoms with Gasteiger partial charge in [0, 0.05) is 6.04 Å². The van der Waals surface area contributed by atoms with Crippen LogP contribution < -0.4 is 11.1 Å². The smallest absolute Gasteiger partial charge is 0.258 e. The largest absolute Gasteiger partial charge is 0.507 e. The Hall–Kier alpha value is -1.62. The number of benzene rings is 1. The summed E-state index contributed by atoms with van der Waals surface area (Å²) in [5.74, 6) is -1.66. The molecule has 5 heteroatoms. The number of hydrogen-bond donors (Lipinski definition) is 3. The first-order valence-corrected chi connectivity index (χ1v) is 5.45. The molecule has 2 atom stereocenters. The standard InChI is InChI=1S/C12H17FN2O2/c1-7(6-14)8(2)15-12(17)11-9(13)4-3-5-10(11)16/h3-5,7-8,16H,6,14H2,1-2H3,(H,15,17). The Morgan fingerprint density at radius 3 is 2.71 bits per heavy atom. The molecule has 1 amide bonds. The highest BCUT2D eigenvalue weighted by Gasteiger charge is 2.20. The molecule has 2 unspecified atom stereocenters. The maximum absolute atomic E-state index is 13.4. The van der Waals surface area contributed by atoms with Crippen LogP contribution >= 0.6 is 0 Å². The molecule has 0 spiro atoms. The number of amides is 1. The van der Waals surface area contributed by atoms with Crippen molar-refractivity contribution in [3.63, 3.8) is 0 Å². The zero-order valence-electron chi connectivity index (χ0n) is 9.90. The van der Waals surface area contributed by atoms with E-state index in [1.165, 1.54) is 12.1 Å². The van der Waals surface area contributed by atoms with Gasteiger partial charge in [0.05, 0.1) is 0 Å². The Morgan fingerprint density at radius 2 is 2.18 bits per heavy atom. The minimum atomic E-state index is -0.741. The van der Waals surface area contributed by atoms with Crippen LogP contribution in [0, 0.1) is 11.7 Å². The summed E-state index contributed by atoms with van der Waals surface area (Å²) in [6.45, 7) is 4.09. The van der Waals surface area contributed by atoms with Crippen molar-refractivity contribution in [2.45, 2.75) is 19.9 Å². The second-order valence-electron chi connectivity index (χ2n) is 4.11. The summed E-state index contributed by atoms with van der Waals surface area (Å²) in [5.41, 5.74) is 5.14. The van der Waals surface area contributed by atoms with Crippen LogP contribution in [0.4, 0.5) is 4.39 Å². The molecule has 0 aromatic heterocycles. The number of hydrogen-bond acceptors (Lipinski definition) is 3. The maximum Gasteiger partial charge on any atom is 0.258 e. The van der Waals surface area contributed by atoms with E-state index in [2.05, 4.69) is 5.32 Å². The van der Waals surface area contributed by atoms with Gasteiger partial charge in [-0.05, 0) is 31.5 Å². The first kappa shape index (κ1) is 13.4. The van der Waals surface area contributed by atoms with Crippen LogP contribution in [-0.4, -0.2) is 23.6 Å². The molecule has 1 aromatic carbocycles. The summed E-state index contributed by atoms with van der Waals surface area (Å²) in [6.07, 6.45) is 0. The minimum absolute atomic E-state index is 0.0767. The number of carbonyl (C=O) groups is 1. The number of carbonyl (C=O) groups excluding carboxylic acids is 1. The van der Waals surface area contributed by atoms with Crippen molar-refractivity contribution in [1.29, 1.82) is 0 Å². The first-order valence-electron chi connectivity index (χ1n) is 5.45. The van der Waals surface area contributed by atoms with Gasteiger partial charge >= 0.3 is 0 Å². The highest BCUT2D eigenvalue weighted by atomic mass is 19.1. The fourth-order valence-corrected chi connectivity index (χ4v) is 1.36. The molecule has 0 saturated heterocycles. The molecule has 0 aliphatic rings. The van der Waals surface area contributed by atoms with Gasteiger partial charge in [-0.25, -0.2) is 4.39 Å². The van der Waals surface area contributed by atoms with Crippen molar-refractivity contribution in [3.05, 3.63) is 29.6 Å². The highest BCUT2D eigenvalue weighted by molar-refractivity contribution is 5.97. The van der Waals surface area contributed by atoms with E-state index >= 15 is 0 Å². The SMILES string of the molecule is CC(CN)C(C)NC(=O)c1c(O)cccc1F. The Kier molecular flexibility index (Phi) is 4.45. The second kappa shape index (κ2) is 5.63. The van der Waals surface area contributed by atoms with Gasteiger partial charge in [0.1, 0.15) is 17.1 Å². The molecule has 0 fully saturated rings. The van der Waals surface area contributed by atoms with Gasteiger partial charge in [0.2, 0.25) is 0 Å². The van der Waals surface area contributed by atoms with Gasteiger partial charge < -0.3 is 16.2 Å². The summed E-state index contributed by atoms with van der Waals surface area (Å²) in [5, 5.41) is 12.1. The minimum Gasteiger partial charge on any atom is -0.507 e. The molecule has 17 heavy (non-hydrogen) atoms. The van der Waals surface area contributed by atoms with E-state index < -0.39 is 11.7 Å². The van der Waals surface area contributed by atoms with Crippen LogP contribution in [0.25, 0.3) is 0 Å². The van der Waals surface area contributed by atoms with Gasteiger partial charge in [-0.1, -0.05) is 13.0 Å². The summed E-state index contributed by atoms with van der Waals surface area (Å²) in [4.78, 5) is 11.8. The van der Waals surface area contributed by atoms with E-state index in [9.17, 15) is 14.3 Å². The second-order valence-corrected chi connectivity index (χ2v) is 4.11. The topological polar surface area (TPSA) is 75.3 Å². The molecule has 4 nitrogen and oxygen atoms in total. The van der Waals surface area contributed by atoms with Crippen LogP contribution in [-0.2, 0) is 0 Å². The summed E-state index contributed by atoms with van der Waals surface area (Å²) >= 11 is 0. The summed E-state index contributed by atoms with van der Waals surface area (Å²) < 4.78 is 13.4. The molecule has 0 aliphatic heterocycles. The van der Waals surface area contributed by atoms with E-state index in [1.54, 1.807) is 6.92 Å². The average molecular weight is 240 g/mol. The molecule has 1 rings (SSSR count). The van der Waals surface area contributed by atoms with Crippen molar-refractivity contribution in [2.24, 2.45) is 11.7 Å². The van der Waals surface area contributed by atoms with Gasteiger partial charge in [0.25, 0.3) is 5.91 Å². The van der Waals surface area contributed by atoms with E-state index in [0.717, 1.165) is 6.07 Å². The fourth-order valence-electron chi connectivity index (χ4n) is 1.36. The van der Waals surface area contributed by atoms with Crippen LogP contribution in [0.2, 0.25) is 0 Å². The van der Waals surface area contributed by atoms with Gasteiger partial charge in [0.15, 0.2) is 0 Å². The Morgan fingerprint density at radius 1 is 1.53 bits per heavy atom. The van der Waals surface area contributed by atoms with Crippen LogP contribution in [0.1, 0.15) is 24.2 Å². The lowest BCUT2D eigenvalue weighted by Gasteiger charge is -2.20. The van der Waals surface area contributed by atoms with E-state index in [0.29, 0.717) is 6.54 Å². The molecule has 4 N–H and O–H groups in total. The van der Waals surface area contributed by atoms with Crippen molar-refractivity contribution in [3.8, 4) is 5.75 Å². The molecular weight excluding hydrogens is 223 g/mol. The average Bonchev–Trinajstić information content (AvgIpc) is 2.27. The van der Waals surface area contributed by atoms with Crippen molar-refractivity contribution in [1.82, 2.24) is 5.32 Å². The monoisotopic (exact) mass is 240 g/mol. The number of nitrogens with one attached hydrogen (secondary N) is 1. The number of phenols is 1. The third kappa shape index (κ3) is 3.17. The van der Waals surface area contributed by atoms with E-state index in [1.807, 2.05) is 6.92 Å². The highest BCUT2D eigenvalue weighted by Crippen LogP contribution is 2.19. The first-order chi connectivity index (χ1) is 7.97. The van der Waals surface area contributed by atoms with Gasteiger partial charge in [-0.3, -0.25) is 4.79 Å². The Labute approximate surface area is 99.6 Å². The van der Waals surface area contributed by atoms with Crippen LogP contribution in [0.5, 0.6) is 5.75 Å². The molecule has 1 aromatic rings. The molecule has 0 radical (unpaired) electrons. The summed E-state index contributed by atoms with van der Waals surface area (Å²) in [6, 6.07) is 3.56. The molecule has 0 saturated carbocycles. The number of nitrogens with two attached hydrogens (primary N) is 1. The lowest BCUT2D eigenvalue weighted by atomic mass is 10.0. The predicted octanol–water partition coefficient (Wildman–Crippen LogP) is 1.24. The number of phenolic OH excluding ortho intramolecular Hbond substituents is 1. The van der Waals surface area contributed by atoms with Crippen LogP contribution in [0.3, 0.4) is 0 Å². The maximum atomic E-state index is 13.4. The number of aromatic hydroxyl groups is 1. The Balaban J connectivity index is 2.84. The molecular formula is C12H17FN2O2. The predicted molar refractivity (Wildman–Crippen MR) is 63.2 cm³/mol. The quantitative estimate of drug-likeness (QED) is 0.741. The van der Waals surface area contributed by atoms with E-state index in [4.69, 9.17) is 5.73 Å². The lowest BCUT2D eigenvalue weighted by Crippen LogP contribution is -2.40. The van der Waals surface area contributed by atoms with Gasteiger partial charge in [-0.15, -0.1) is 0 Å². The third-order valence-corrected chi connectivity index (χ3v) is 2.80. The fraction of sp³-hybridized carbons (Fsp3) is 0.417. The van der Waals surface area contributed by atoms with Crippen molar-refractivity contribution >= 4 is 5.91 Å². The summed E-state index contributed by atoms with van der Waals surface area (Å²) in [7, 11) is 0. The van der Waals surface area contributed by atoms with Gasteiger partial charge in [-0.2, -0.15) is 0 Å². The molecule has 0 heterocycles. The van der Waals surface area contributed by atoms with E-state index in [-0.39, 0.29) is 23.3 Å². The number of rotatable bonds is 4. The normalized spacial score (nSPS) is 14.1. The zero-order valence-corrected chi connectivity index (χ0v) is 9.90.